The molecule has 1 aromatic heterocycles. The van der Waals surface area contributed by atoms with Crippen LogP contribution in [0.5, 0.6) is 0 Å². The zero-order valence-corrected chi connectivity index (χ0v) is 8.75. The van der Waals surface area contributed by atoms with Gasteiger partial charge in [-0.3, -0.25) is 9.98 Å². The molecule has 0 saturated heterocycles. The molecule has 0 aliphatic heterocycles. The van der Waals surface area contributed by atoms with Gasteiger partial charge in [-0.2, -0.15) is 0 Å². The lowest BCUT2D eigenvalue weighted by atomic mass is 10.1. The van der Waals surface area contributed by atoms with Gasteiger partial charge in [0.05, 0.1) is 10.7 Å². The van der Waals surface area contributed by atoms with Crippen molar-refractivity contribution in [2.75, 3.05) is 0 Å². The van der Waals surface area contributed by atoms with Gasteiger partial charge in [0.15, 0.2) is 0 Å². The molecule has 0 aliphatic carbocycles. The van der Waals surface area contributed by atoms with Crippen LogP contribution in [0, 0.1) is 6.92 Å². The van der Waals surface area contributed by atoms with E-state index in [1.165, 1.54) is 6.08 Å². The van der Waals surface area contributed by atoms with Gasteiger partial charge in [-0.15, -0.1) is 0 Å². The lowest BCUT2D eigenvalue weighted by Gasteiger charge is -2.04. The number of allylic oxidation sites excluding steroid dienone is 2. The van der Waals surface area contributed by atoms with Gasteiger partial charge in [-0.1, -0.05) is 24.2 Å². The number of halogens is 1. The van der Waals surface area contributed by atoms with E-state index in [0.29, 0.717) is 10.7 Å². The molecule has 1 rings (SSSR count). The molecule has 0 aliphatic rings. The molecule has 0 bridgehead atoms. The fraction of sp³-hybridized carbons (Fsp3) is 0.0909. The second kappa shape index (κ2) is 4.72. The summed E-state index contributed by atoms with van der Waals surface area (Å²) in [5.74, 6) is 0. The van der Waals surface area contributed by atoms with Crippen molar-refractivity contribution in [1.82, 2.24) is 4.98 Å². The number of pyridine rings is 1. The molecular weight excluding hydrogens is 196 g/mol. The molecule has 0 atom stereocenters. The van der Waals surface area contributed by atoms with E-state index in [1.54, 1.807) is 6.20 Å². The highest BCUT2D eigenvalue weighted by Gasteiger charge is 2.07. The van der Waals surface area contributed by atoms with Crippen LogP contribution >= 0.6 is 11.6 Å². The monoisotopic (exact) mass is 206 g/mol. The smallest absolute Gasteiger partial charge is 0.107 e. The third-order valence-electron chi connectivity index (χ3n) is 1.80. The number of hydrogen-bond acceptors (Lipinski definition) is 2. The average molecular weight is 207 g/mol. The molecule has 2 nitrogen and oxygen atoms in total. The average Bonchev–Trinajstić information content (AvgIpc) is 2.21. The molecule has 0 fully saturated rings. The van der Waals surface area contributed by atoms with Crippen molar-refractivity contribution in [2.24, 2.45) is 4.99 Å². The highest BCUT2D eigenvalue weighted by atomic mass is 35.5. The van der Waals surface area contributed by atoms with E-state index in [4.69, 9.17) is 11.6 Å². The van der Waals surface area contributed by atoms with Crippen LogP contribution < -0.4 is 0 Å². The summed E-state index contributed by atoms with van der Waals surface area (Å²) in [5, 5.41) is 0.460. The van der Waals surface area contributed by atoms with E-state index in [-0.39, 0.29) is 0 Å². The molecule has 0 N–H and O–H groups in total. The minimum Gasteiger partial charge on any atom is -0.261 e. The summed E-state index contributed by atoms with van der Waals surface area (Å²) in [7, 11) is 0. The summed E-state index contributed by atoms with van der Waals surface area (Å²) < 4.78 is 0. The summed E-state index contributed by atoms with van der Waals surface area (Å²) in [6.45, 7) is 8.99. The van der Waals surface area contributed by atoms with Gasteiger partial charge in [0.2, 0.25) is 0 Å². The second-order valence-corrected chi connectivity index (χ2v) is 3.13. The first-order chi connectivity index (χ1) is 6.70. The number of aliphatic imine (C=N–C) groups is 1. The van der Waals surface area contributed by atoms with E-state index >= 15 is 0 Å². The minimum atomic E-state index is 0.460. The van der Waals surface area contributed by atoms with E-state index in [1.807, 2.05) is 19.1 Å². The maximum absolute atomic E-state index is 5.93. The molecule has 0 unspecified atom stereocenters. The fourth-order valence-corrected chi connectivity index (χ4v) is 1.24. The Kier molecular flexibility index (Phi) is 3.60. The number of nitrogens with zero attached hydrogens (tertiary/aromatic N) is 2. The zero-order valence-electron chi connectivity index (χ0n) is 8.00. The van der Waals surface area contributed by atoms with Crippen LogP contribution in [-0.4, -0.2) is 11.7 Å². The highest BCUT2D eigenvalue weighted by Crippen LogP contribution is 2.23. The Morgan fingerprint density at radius 3 is 2.86 bits per heavy atom. The third-order valence-corrected chi connectivity index (χ3v) is 2.13. The van der Waals surface area contributed by atoms with Crippen molar-refractivity contribution < 1.29 is 0 Å². The van der Waals surface area contributed by atoms with Crippen LogP contribution in [0.4, 0.5) is 0 Å². The van der Waals surface area contributed by atoms with Gasteiger partial charge in [-0.05, 0) is 31.3 Å². The predicted octanol–water partition coefficient (Wildman–Crippen LogP) is 3.18. The van der Waals surface area contributed by atoms with E-state index in [2.05, 4.69) is 23.3 Å². The molecule has 0 aromatic carbocycles. The lowest BCUT2D eigenvalue weighted by molar-refractivity contribution is 1.20. The molecule has 72 valence electrons. The SMILES string of the molecule is C=CC(Cl)=C(N=C)c1ncccc1C. The van der Waals surface area contributed by atoms with Crippen molar-refractivity contribution in [1.29, 1.82) is 0 Å². The molecule has 1 heterocycles. The first-order valence-corrected chi connectivity index (χ1v) is 4.49. The van der Waals surface area contributed by atoms with Gasteiger partial charge >= 0.3 is 0 Å². The van der Waals surface area contributed by atoms with Crippen molar-refractivity contribution >= 4 is 24.0 Å². The Balaban J connectivity index is 3.34. The standard InChI is InChI=1S/C11H11ClN2/c1-4-9(12)11(13-3)10-8(2)6-5-7-14-10/h4-7H,1,3H2,2H3. The summed E-state index contributed by atoms with van der Waals surface area (Å²) >= 11 is 5.93. The molecule has 0 radical (unpaired) electrons. The molecule has 0 spiro atoms. The lowest BCUT2D eigenvalue weighted by Crippen LogP contribution is -1.91. The van der Waals surface area contributed by atoms with Gasteiger partial charge in [-0.25, -0.2) is 0 Å². The van der Waals surface area contributed by atoms with Crippen molar-refractivity contribution in [3.05, 3.63) is 47.3 Å². The topological polar surface area (TPSA) is 25.2 Å². The Hall–Kier alpha value is -1.41. The van der Waals surface area contributed by atoms with Crippen LogP contribution in [0.3, 0.4) is 0 Å². The quantitative estimate of drug-likeness (QED) is 0.551. The fourth-order valence-electron chi connectivity index (χ4n) is 1.09. The van der Waals surface area contributed by atoms with E-state index in [9.17, 15) is 0 Å². The first-order valence-electron chi connectivity index (χ1n) is 4.11. The summed E-state index contributed by atoms with van der Waals surface area (Å²) in [4.78, 5) is 8.05. The Morgan fingerprint density at radius 2 is 2.36 bits per heavy atom. The zero-order chi connectivity index (χ0) is 10.6. The maximum Gasteiger partial charge on any atom is 0.107 e. The number of aromatic nitrogens is 1. The number of hydrogen-bond donors (Lipinski definition) is 0. The Morgan fingerprint density at radius 1 is 1.64 bits per heavy atom. The van der Waals surface area contributed by atoms with Crippen LogP contribution in [0.1, 0.15) is 11.3 Å². The number of aryl methyl sites for hydroxylation is 1. The van der Waals surface area contributed by atoms with Crippen LogP contribution in [0.2, 0.25) is 0 Å². The molecule has 0 saturated carbocycles. The molecule has 14 heavy (non-hydrogen) atoms. The molecule has 3 heteroatoms. The third kappa shape index (κ3) is 2.09. The van der Waals surface area contributed by atoms with Gasteiger partial charge in [0.25, 0.3) is 0 Å². The molecule has 1 aromatic rings. The largest absolute Gasteiger partial charge is 0.261 e. The normalized spacial score (nSPS) is 11.9. The van der Waals surface area contributed by atoms with E-state index in [0.717, 1.165) is 11.3 Å². The minimum absolute atomic E-state index is 0.460. The van der Waals surface area contributed by atoms with Gasteiger partial charge in [0, 0.05) is 6.20 Å². The van der Waals surface area contributed by atoms with Crippen molar-refractivity contribution in [3.63, 3.8) is 0 Å². The summed E-state index contributed by atoms with van der Waals surface area (Å²) in [6.07, 6.45) is 3.22. The molecular formula is C11H11ClN2. The predicted molar refractivity (Wildman–Crippen MR) is 61.5 cm³/mol. The van der Waals surface area contributed by atoms with E-state index < -0.39 is 0 Å². The van der Waals surface area contributed by atoms with Gasteiger partial charge in [0.1, 0.15) is 5.70 Å². The number of rotatable bonds is 3. The van der Waals surface area contributed by atoms with Crippen LogP contribution in [0.15, 0.2) is 41.0 Å². The van der Waals surface area contributed by atoms with Crippen molar-refractivity contribution in [2.45, 2.75) is 6.92 Å². The van der Waals surface area contributed by atoms with Crippen molar-refractivity contribution in [3.8, 4) is 0 Å². The Bertz CT molecular complexity index is 394. The van der Waals surface area contributed by atoms with Crippen LogP contribution in [0.25, 0.3) is 5.70 Å². The summed E-state index contributed by atoms with van der Waals surface area (Å²) in [6, 6.07) is 3.81. The Labute approximate surface area is 88.7 Å². The molecule has 0 amide bonds. The second-order valence-electron chi connectivity index (χ2n) is 2.73. The summed E-state index contributed by atoms with van der Waals surface area (Å²) in [5.41, 5.74) is 2.32. The van der Waals surface area contributed by atoms with Crippen LogP contribution in [-0.2, 0) is 0 Å². The van der Waals surface area contributed by atoms with Gasteiger partial charge < -0.3 is 0 Å². The maximum atomic E-state index is 5.93. The first kappa shape index (κ1) is 10.7. The highest BCUT2D eigenvalue weighted by molar-refractivity contribution is 6.34.